The second-order valence-electron chi connectivity index (χ2n) is 5.58. The predicted octanol–water partition coefficient (Wildman–Crippen LogP) is -8.06. The van der Waals surface area contributed by atoms with Crippen LogP contribution in [0.5, 0.6) is 0 Å². The molecule has 1 aliphatic rings. The van der Waals surface area contributed by atoms with Crippen LogP contribution in [-0.2, 0) is 12.8 Å². The van der Waals surface area contributed by atoms with Crippen LogP contribution in [-0.4, -0.2) is 7.32 Å². The second kappa shape index (κ2) is 11.6. The molecule has 0 bridgehead atoms. The Kier molecular flexibility index (Phi) is 11.6. The van der Waals surface area contributed by atoms with Gasteiger partial charge >= 0.3 is 56.6 Å². The number of aryl methyl sites for hydroxylation is 2. The van der Waals surface area contributed by atoms with Crippen LogP contribution in [0, 0.1) is 0 Å². The molecular formula is C18H16BLi3O3. The molecule has 0 amide bonds. The normalized spacial score (nSPS) is 11.8. The molecule has 0 N–H and O–H groups in total. The fourth-order valence-electron chi connectivity index (χ4n) is 3.34. The zero-order chi connectivity index (χ0) is 15.5. The summed E-state index contributed by atoms with van der Waals surface area (Å²) in [4.78, 5) is 0. The van der Waals surface area contributed by atoms with Crippen molar-refractivity contribution in [3.8, 4) is 0 Å². The quantitative estimate of drug-likeness (QED) is 0.306. The van der Waals surface area contributed by atoms with E-state index < -0.39 is 7.32 Å². The van der Waals surface area contributed by atoms with Crippen molar-refractivity contribution < 1.29 is 71.7 Å². The van der Waals surface area contributed by atoms with Crippen molar-refractivity contribution in [3.63, 3.8) is 0 Å². The molecule has 0 unspecified atom stereocenters. The summed E-state index contributed by atoms with van der Waals surface area (Å²) in [7, 11) is -2.92. The maximum Gasteiger partial charge on any atom is 1.00 e. The van der Waals surface area contributed by atoms with Gasteiger partial charge in [0, 0.05) is 0 Å². The Labute approximate surface area is 184 Å². The SMILES string of the molecule is [Li+].[Li+].[Li+].[O-]B([O-])[O-].c1ccc2c(c1)ccc1c3c(ccc12)CCCC3. The third kappa shape index (κ3) is 5.96. The van der Waals surface area contributed by atoms with Crippen LogP contribution in [0.3, 0.4) is 0 Å². The van der Waals surface area contributed by atoms with E-state index in [0.717, 1.165) is 0 Å². The summed E-state index contributed by atoms with van der Waals surface area (Å²) >= 11 is 0. The van der Waals surface area contributed by atoms with E-state index in [9.17, 15) is 0 Å². The van der Waals surface area contributed by atoms with E-state index in [4.69, 9.17) is 15.1 Å². The zero-order valence-corrected chi connectivity index (χ0v) is 15.2. The van der Waals surface area contributed by atoms with Gasteiger partial charge in [-0.05, 0) is 58.4 Å². The summed E-state index contributed by atoms with van der Waals surface area (Å²) in [6, 6.07) is 18.0. The molecule has 7 heteroatoms. The Morgan fingerprint density at radius 3 is 1.96 bits per heavy atom. The van der Waals surface area contributed by atoms with E-state index in [1.165, 1.54) is 47.2 Å². The fraction of sp³-hybridized carbons (Fsp3) is 0.222. The number of benzene rings is 3. The molecule has 3 aromatic rings. The monoisotopic (exact) mass is 312 g/mol. The van der Waals surface area contributed by atoms with Crippen molar-refractivity contribution in [2.45, 2.75) is 25.7 Å². The van der Waals surface area contributed by atoms with Gasteiger partial charge in [-0.25, -0.2) is 0 Å². The topological polar surface area (TPSA) is 69.2 Å². The van der Waals surface area contributed by atoms with E-state index in [1.807, 2.05) is 0 Å². The van der Waals surface area contributed by atoms with E-state index in [2.05, 4.69) is 48.5 Å². The van der Waals surface area contributed by atoms with Gasteiger partial charge in [-0.2, -0.15) is 0 Å². The number of fused-ring (bicyclic) bond motifs is 5. The smallest absolute Gasteiger partial charge is 0.907 e. The standard InChI is InChI=1S/C18H16.BO3.3Li/c1-3-7-15-13(5-1)9-11-18-16-8-4-2-6-14(16)10-12-17(15)18;2-1(3)4;;;/h1,3,5,7,9-12H,2,4,6,8H2;;;;/q;-3;3*+1. The molecule has 0 spiro atoms. The largest absolute Gasteiger partial charge is 1.00 e. The molecule has 0 saturated carbocycles. The van der Waals surface area contributed by atoms with Crippen molar-refractivity contribution in [1.82, 2.24) is 0 Å². The molecule has 0 saturated heterocycles. The maximum absolute atomic E-state index is 8.42. The molecule has 0 heterocycles. The molecule has 3 nitrogen and oxygen atoms in total. The molecular weight excluding hydrogens is 296 g/mol. The first-order chi connectivity index (χ1) is 10.7. The van der Waals surface area contributed by atoms with Gasteiger partial charge in [0.1, 0.15) is 0 Å². The van der Waals surface area contributed by atoms with Crippen LogP contribution < -0.4 is 71.7 Å². The minimum absolute atomic E-state index is 0. The molecule has 0 atom stereocenters. The maximum atomic E-state index is 8.42. The minimum atomic E-state index is -2.92. The zero-order valence-electron chi connectivity index (χ0n) is 15.2. The van der Waals surface area contributed by atoms with Gasteiger partial charge in [-0.15, -0.1) is 0 Å². The summed E-state index contributed by atoms with van der Waals surface area (Å²) in [5, 5.41) is 30.9. The summed E-state index contributed by atoms with van der Waals surface area (Å²) in [5.41, 5.74) is 3.17. The van der Waals surface area contributed by atoms with E-state index in [1.54, 1.807) is 11.1 Å². The first-order valence-electron chi connectivity index (χ1n) is 7.56. The van der Waals surface area contributed by atoms with Crippen LogP contribution in [0.1, 0.15) is 24.0 Å². The van der Waals surface area contributed by atoms with E-state index in [0.29, 0.717) is 0 Å². The van der Waals surface area contributed by atoms with E-state index >= 15 is 0 Å². The third-order valence-electron chi connectivity index (χ3n) is 4.26. The van der Waals surface area contributed by atoms with Gasteiger partial charge in [0.05, 0.1) is 0 Å². The Hall–Kier alpha value is -0.0829. The van der Waals surface area contributed by atoms with Gasteiger partial charge in [0.25, 0.3) is 0 Å². The summed E-state index contributed by atoms with van der Waals surface area (Å²) < 4.78 is 0. The third-order valence-corrected chi connectivity index (χ3v) is 4.26. The number of hydrogen-bond donors (Lipinski definition) is 0. The molecule has 0 radical (unpaired) electrons. The van der Waals surface area contributed by atoms with Gasteiger partial charge < -0.3 is 15.1 Å². The summed E-state index contributed by atoms with van der Waals surface area (Å²) in [6.07, 6.45) is 5.22. The van der Waals surface area contributed by atoms with Crippen LogP contribution in [0.4, 0.5) is 0 Å². The molecule has 0 fully saturated rings. The average molecular weight is 312 g/mol. The van der Waals surface area contributed by atoms with Gasteiger partial charge in [-0.3, -0.25) is 7.32 Å². The van der Waals surface area contributed by atoms with Crippen LogP contribution in [0.15, 0.2) is 48.5 Å². The molecule has 1 aliphatic carbocycles. The molecule has 0 aromatic heterocycles. The minimum Gasteiger partial charge on any atom is -0.907 e. The van der Waals surface area contributed by atoms with Crippen LogP contribution in [0.25, 0.3) is 21.5 Å². The van der Waals surface area contributed by atoms with Crippen molar-refractivity contribution >= 4 is 28.9 Å². The Balaban J connectivity index is 0.000000754. The molecule has 4 rings (SSSR count). The van der Waals surface area contributed by atoms with Gasteiger partial charge in [0.2, 0.25) is 0 Å². The van der Waals surface area contributed by atoms with Crippen molar-refractivity contribution in [2.75, 3.05) is 0 Å². The number of hydrogen-bond acceptors (Lipinski definition) is 3. The average Bonchev–Trinajstić information content (AvgIpc) is 2.54. The van der Waals surface area contributed by atoms with Gasteiger partial charge in [0.15, 0.2) is 0 Å². The second-order valence-corrected chi connectivity index (χ2v) is 5.58. The summed E-state index contributed by atoms with van der Waals surface area (Å²) in [6.45, 7) is 0. The van der Waals surface area contributed by atoms with Crippen LogP contribution >= 0.6 is 0 Å². The Bertz CT molecular complexity index is 809. The molecule has 112 valence electrons. The number of rotatable bonds is 0. The molecule has 25 heavy (non-hydrogen) atoms. The fourth-order valence-corrected chi connectivity index (χ4v) is 3.34. The summed E-state index contributed by atoms with van der Waals surface area (Å²) in [5.74, 6) is 0. The first kappa shape index (κ1) is 24.9. The molecule has 0 aliphatic heterocycles. The first-order valence-corrected chi connectivity index (χ1v) is 7.56. The van der Waals surface area contributed by atoms with Gasteiger partial charge in [-0.1, -0.05) is 48.5 Å². The Morgan fingerprint density at radius 2 is 1.24 bits per heavy atom. The molecule has 3 aromatic carbocycles. The van der Waals surface area contributed by atoms with Crippen LogP contribution in [0.2, 0.25) is 0 Å². The van der Waals surface area contributed by atoms with Crippen molar-refractivity contribution in [2.24, 2.45) is 0 Å². The predicted molar refractivity (Wildman–Crippen MR) is 83.9 cm³/mol. The van der Waals surface area contributed by atoms with Crippen molar-refractivity contribution in [3.05, 3.63) is 59.7 Å². The Morgan fingerprint density at radius 1 is 0.640 bits per heavy atom. The van der Waals surface area contributed by atoms with E-state index in [-0.39, 0.29) is 56.6 Å². The van der Waals surface area contributed by atoms with Crippen molar-refractivity contribution in [1.29, 1.82) is 0 Å².